The van der Waals surface area contributed by atoms with E-state index in [0.717, 1.165) is 44.1 Å². The molecule has 1 aromatic carbocycles. The summed E-state index contributed by atoms with van der Waals surface area (Å²) in [6.45, 7) is 0. The predicted octanol–water partition coefficient (Wildman–Crippen LogP) is 4.71. The summed E-state index contributed by atoms with van der Waals surface area (Å²) in [6, 6.07) is 9.55. The maximum Gasteiger partial charge on any atom is 0.246 e. The molecule has 0 radical (unpaired) electrons. The molecular formula is C26H31N3O4. The third kappa shape index (κ3) is 5.71. The van der Waals surface area contributed by atoms with Crippen LogP contribution in [0.2, 0.25) is 0 Å². The van der Waals surface area contributed by atoms with Crippen LogP contribution >= 0.6 is 0 Å². The average Bonchev–Trinajstić information content (AvgIpc) is 3.69. The van der Waals surface area contributed by atoms with Crippen LogP contribution in [0.3, 0.4) is 0 Å². The second-order valence-electron chi connectivity index (χ2n) is 9.46. The van der Waals surface area contributed by atoms with Crippen molar-refractivity contribution in [1.82, 2.24) is 10.5 Å². The third-order valence-corrected chi connectivity index (χ3v) is 6.82. The molecule has 7 heteroatoms. The summed E-state index contributed by atoms with van der Waals surface area (Å²) in [5.41, 5.74) is 5.12. The SMILES string of the molecule is O=C(Nc1cc(Oc2ccc3c(c2)C[C@@H](C(=O)NOC2CCCCC2)CC3)ccn1)C1CC1. The molecule has 2 saturated carbocycles. The molecule has 33 heavy (non-hydrogen) atoms. The Bertz CT molecular complexity index is 1010. The summed E-state index contributed by atoms with van der Waals surface area (Å²) in [6.07, 6.45) is 11.7. The van der Waals surface area contributed by atoms with E-state index in [1.807, 2.05) is 12.1 Å². The molecule has 2 N–H and O–H groups in total. The number of benzene rings is 1. The molecule has 7 nitrogen and oxygen atoms in total. The fourth-order valence-corrected chi connectivity index (χ4v) is 4.68. The maximum atomic E-state index is 12.7. The molecule has 1 aromatic heterocycles. The average molecular weight is 450 g/mol. The summed E-state index contributed by atoms with van der Waals surface area (Å²) >= 11 is 0. The largest absolute Gasteiger partial charge is 0.457 e. The number of fused-ring (bicyclic) bond motifs is 1. The number of carbonyl (C=O) groups excluding carboxylic acids is 2. The molecular weight excluding hydrogens is 418 g/mol. The van der Waals surface area contributed by atoms with Crippen molar-refractivity contribution in [3.63, 3.8) is 0 Å². The molecule has 2 amide bonds. The number of hydroxylamine groups is 1. The quantitative estimate of drug-likeness (QED) is 0.598. The number of hydrogen-bond acceptors (Lipinski definition) is 5. The Morgan fingerprint density at radius 1 is 0.848 bits per heavy atom. The molecule has 3 aliphatic rings. The molecule has 0 saturated heterocycles. The molecule has 1 heterocycles. The minimum absolute atomic E-state index is 0.0187. The zero-order chi connectivity index (χ0) is 22.6. The minimum Gasteiger partial charge on any atom is -0.457 e. The van der Waals surface area contributed by atoms with E-state index in [2.05, 4.69) is 21.8 Å². The Morgan fingerprint density at radius 3 is 2.48 bits per heavy atom. The molecule has 0 spiro atoms. The van der Waals surface area contributed by atoms with Crippen LogP contribution in [0.4, 0.5) is 5.82 Å². The van der Waals surface area contributed by atoms with E-state index in [9.17, 15) is 9.59 Å². The van der Waals surface area contributed by atoms with E-state index in [0.29, 0.717) is 23.7 Å². The van der Waals surface area contributed by atoms with Crippen LogP contribution in [0.5, 0.6) is 11.5 Å². The monoisotopic (exact) mass is 449 g/mol. The van der Waals surface area contributed by atoms with Crippen molar-refractivity contribution in [3.05, 3.63) is 47.7 Å². The lowest BCUT2D eigenvalue weighted by Gasteiger charge is -2.26. The van der Waals surface area contributed by atoms with Crippen LogP contribution in [0.15, 0.2) is 36.5 Å². The van der Waals surface area contributed by atoms with Crippen molar-refractivity contribution in [1.29, 1.82) is 0 Å². The summed E-state index contributed by atoms with van der Waals surface area (Å²) < 4.78 is 6.05. The van der Waals surface area contributed by atoms with Gasteiger partial charge in [-0.25, -0.2) is 10.5 Å². The van der Waals surface area contributed by atoms with Gasteiger partial charge in [0, 0.05) is 24.1 Å². The summed E-state index contributed by atoms with van der Waals surface area (Å²) in [4.78, 5) is 34.6. The molecule has 2 fully saturated rings. The van der Waals surface area contributed by atoms with Gasteiger partial charge in [-0.3, -0.25) is 14.4 Å². The lowest BCUT2D eigenvalue weighted by atomic mass is 9.83. The van der Waals surface area contributed by atoms with Crippen LogP contribution < -0.4 is 15.5 Å². The third-order valence-electron chi connectivity index (χ3n) is 6.82. The van der Waals surface area contributed by atoms with Crippen molar-refractivity contribution in [2.24, 2.45) is 11.8 Å². The smallest absolute Gasteiger partial charge is 0.246 e. The highest BCUT2D eigenvalue weighted by molar-refractivity contribution is 5.93. The van der Waals surface area contributed by atoms with E-state index in [-0.39, 0.29) is 29.8 Å². The van der Waals surface area contributed by atoms with Gasteiger partial charge in [-0.05, 0) is 74.3 Å². The fourth-order valence-electron chi connectivity index (χ4n) is 4.68. The first-order valence-electron chi connectivity index (χ1n) is 12.2. The molecule has 0 unspecified atom stereocenters. The van der Waals surface area contributed by atoms with Gasteiger partial charge in [0.2, 0.25) is 11.8 Å². The maximum absolute atomic E-state index is 12.7. The van der Waals surface area contributed by atoms with Crippen LogP contribution in [-0.4, -0.2) is 22.9 Å². The number of amides is 2. The highest BCUT2D eigenvalue weighted by Gasteiger charge is 2.30. The first kappa shape index (κ1) is 21.9. The van der Waals surface area contributed by atoms with Crippen LogP contribution in [0.25, 0.3) is 0 Å². The molecule has 174 valence electrons. The first-order chi connectivity index (χ1) is 16.1. The normalized spacial score (nSPS) is 20.5. The van der Waals surface area contributed by atoms with Crippen molar-refractivity contribution < 1.29 is 19.2 Å². The molecule has 5 rings (SSSR count). The number of anilines is 1. The van der Waals surface area contributed by atoms with E-state index in [4.69, 9.17) is 9.57 Å². The number of nitrogens with zero attached hydrogens (tertiary/aromatic N) is 1. The first-order valence-corrected chi connectivity index (χ1v) is 12.2. The number of pyridine rings is 1. The van der Waals surface area contributed by atoms with Gasteiger partial charge in [0.15, 0.2) is 0 Å². The van der Waals surface area contributed by atoms with Gasteiger partial charge in [0.1, 0.15) is 17.3 Å². The highest BCUT2D eigenvalue weighted by atomic mass is 16.7. The van der Waals surface area contributed by atoms with Gasteiger partial charge in [-0.2, -0.15) is 0 Å². The number of aryl methyl sites for hydroxylation is 1. The van der Waals surface area contributed by atoms with Gasteiger partial charge in [0.25, 0.3) is 0 Å². The molecule has 0 bridgehead atoms. The highest BCUT2D eigenvalue weighted by Crippen LogP contribution is 2.32. The Kier molecular flexibility index (Phi) is 6.58. The van der Waals surface area contributed by atoms with Gasteiger partial charge >= 0.3 is 0 Å². The van der Waals surface area contributed by atoms with E-state index in [1.54, 1.807) is 18.3 Å². The Morgan fingerprint density at radius 2 is 1.67 bits per heavy atom. The van der Waals surface area contributed by atoms with E-state index >= 15 is 0 Å². The van der Waals surface area contributed by atoms with Crippen LogP contribution in [0, 0.1) is 11.8 Å². The zero-order valence-corrected chi connectivity index (χ0v) is 18.8. The Hall–Kier alpha value is -2.93. The lowest BCUT2D eigenvalue weighted by molar-refractivity contribution is -0.144. The van der Waals surface area contributed by atoms with Crippen molar-refractivity contribution in [3.8, 4) is 11.5 Å². The Labute approximate surface area is 194 Å². The summed E-state index contributed by atoms with van der Waals surface area (Å²) in [5.74, 6) is 1.84. The number of nitrogens with one attached hydrogen (secondary N) is 2. The minimum atomic E-state index is -0.0958. The molecule has 3 aliphatic carbocycles. The van der Waals surface area contributed by atoms with E-state index in [1.165, 1.54) is 24.8 Å². The van der Waals surface area contributed by atoms with Crippen LogP contribution in [-0.2, 0) is 27.3 Å². The number of rotatable bonds is 7. The lowest BCUT2D eigenvalue weighted by Crippen LogP contribution is -2.37. The van der Waals surface area contributed by atoms with Crippen molar-refractivity contribution in [2.45, 2.75) is 70.3 Å². The number of ether oxygens (including phenoxy) is 1. The molecule has 1 atom stereocenters. The summed E-state index contributed by atoms with van der Waals surface area (Å²) in [5, 5.41) is 2.85. The van der Waals surface area contributed by atoms with E-state index < -0.39 is 0 Å². The van der Waals surface area contributed by atoms with Gasteiger partial charge in [0.05, 0.1) is 6.10 Å². The van der Waals surface area contributed by atoms with Gasteiger partial charge in [-0.15, -0.1) is 0 Å². The number of aromatic nitrogens is 1. The van der Waals surface area contributed by atoms with Gasteiger partial charge < -0.3 is 10.1 Å². The number of hydrogen-bond donors (Lipinski definition) is 2. The fraction of sp³-hybridized carbons (Fsp3) is 0.500. The number of carbonyl (C=O) groups is 2. The summed E-state index contributed by atoms with van der Waals surface area (Å²) in [7, 11) is 0. The zero-order valence-electron chi connectivity index (χ0n) is 18.8. The molecule has 0 aliphatic heterocycles. The second-order valence-corrected chi connectivity index (χ2v) is 9.46. The van der Waals surface area contributed by atoms with Crippen molar-refractivity contribution in [2.75, 3.05) is 5.32 Å². The topological polar surface area (TPSA) is 89.5 Å². The van der Waals surface area contributed by atoms with Gasteiger partial charge in [-0.1, -0.05) is 25.3 Å². The standard InChI is InChI=1S/C26H31N3O4/c30-25(18-7-8-18)28-24-16-23(12-13-27-24)32-22-11-10-17-6-9-19(14-20(17)15-22)26(31)29-33-21-4-2-1-3-5-21/h10-13,15-16,18-19,21H,1-9,14H2,(H,29,31)(H,27,28,30)/t19-/m0/s1. The second kappa shape index (κ2) is 9.91. The van der Waals surface area contributed by atoms with Crippen LogP contribution in [0.1, 0.15) is 62.5 Å². The molecule has 2 aromatic rings. The predicted molar refractivity (Wildman–Crippen MR) is 124 cm³/mol. The van der Waals surface area contributed by atoms with Crippen molar-refractivity contribution >= 4 is 17.6 Å². The Balaban J connectivity index is 1.19.